The number of aromatic nitrogens is 5. The number of ether oxygens (including phenoxy) is 3. The molecule has 0 aromatic carbocycles. The maximum Gasteiger partial charge on any atom is 0.373 e. The number of hydrogen-bond acceptors (Lipinski definition) is 9. The lowest BCUT2D eigenvalue weighted by Crippen LogP contribution is -2.08. The first-order chi connectivity index (χ1) is 14.6. The van der Waals surface area contributed by atoms with Gasteiger partial charge in [-0.1, -0.05) is 11.8 Å². The van der Waals surface area contributed by atoms with E-state index in [1.165, 1.54) is 18.9 Å². The van der Waals surface area contributed by atoms with Crippen LogP contribution >= 0.6 is 11.8 Å². The molecule has 162 valence electrons. The van der Waals surface area contributed by atoms with Crippen LogP contribution in [0.4, 0.5) is 0 Å². The van der Waals surface area contributed by atoms with Gasteiger partial charge in [0.15, 0.2) is 11.0 Å². The minimum Gasteiger partial charge on any atom is -0.476 e. The molecule has 0 saturated carbocycles. The lowest BCUT2D eigenvalue weighted by molar-refractivity contribution is 0.0563. The summed E-state index contributed by atoms with van der Waals surface area (Å²) in [7, 11) is 2.96. The number of furan rings is 1. The highest BCUT2D eigenvalue weighted by atomic mass is 32.2. The van der Waals surface area contributed by atoms with Crippen molar-refractivity contribution in [3.05, 3.63) is 29.9 Å². The van der Waals surface area contributed by atoms with Gasteiger partial charge in [-0.15, -0.1) is 15.3 Å². The van der Waals surface area contributed by atoms with Crippen molar-refractivity contribution < 1.29 is 23.4 Å². The van der Waals surface area contributed by atoms with Gasteiger partial charge in [-0.3, -0.25) is 9.25 Å². The summed E-state index contributed by atoms with van der Waals surface area (Å²) in [4.78, 5) is 11.6. The summed E-state index contributed by atoms with van der Waals surface area (Å²) in [6.07, 6.45) is 1.90. The summed E-state index contributed by atoms with van der Waals surface area (Å²) in [6, 6.07) is 3.34. The van der Waals surface area contributed by atoms with E-state index in [-0.39, 0.29) is 5.76 Å². The summed E-state index contributed by atoms with van der Waals surface area (Å²) in [6.45, 7) is 6.21. The van der Waals surface area contributed by atoms with Crippen LogP contribution in [-0.4, -0.2) is 57.9 Å². The van der Waals surface area contributed by atoms with Gasteiger partial charge in [-0.25, -0.2) is 4.79 Å². The van der Waals surface area contributed by atoms with Gasteiger partial charge in [0, 0.05) is 19.9 Å². The van der Waals surface area contributed by atoms with Gasteiger partial charge in [0.05, 0.1) is 32.6 Å². The van der Waals surface area contributed by atoms with E-state index in [0.29, 0.717) is 48.1 Å². The zero-order valence-corrected chi connectivity index (χ0v) is 18.3. The van der Waals surface area contributed by atoms with Crippen LogP contribution in [0.3, 0.4) is 0 Å². The van der Waals surface area contributed by atoms with Crippen molar-refractivity contribution in [2.75, 3.05) is 27.4 Å². The number of nitrogens with zero attached hydrogens (tertiary/aromatic N) is 5. The fourth-order valence-electron chi connectivity index (χ4n) is 2.74. The number of esters is 1. The summed E-state index contributed by atoms with van der Waals surface area (Å²) in [5.41, 5.74) is 0.778. The SMILES string of the molecule is CCOc1nn(CC)cc1-c1nnc(SCc2ccc(C(=O)OC)o2)n1CCOC. The molecule has 0 bridgehead atoms. The fraction of sp³-hybridized carbons (Fsp3) is 0.474. The molecule has 3 rings (SSSR count). The Morgan fingerprint density at radius 3 is 2.77 bits per heavy atom. The predicted octanol–water partition coefficient (Wildman–Crippen LogP) is 2.88. The smallest absolute Gasteiger partial charge is 0.373 e. The molecule has 0 radical (unpaired) electrons. The summed E-state index contributed by atoms with van der Waals surface area (Å²) in [5.74, 6) is 1.96. The van der Waals surface area contributed by atoms with E-state index >= 15 is 0 Å². The van der Waals surface area contributed by atoms with E-state index in [2.05, 4.69) is 20.0 Å². The normalized spacial score (nSPS) is 11.1. The largest absolute Gasteiger partial charge is 0.476 e. The second-order valence-electron chi connectivity index (χ2n) is 6.13. The van der Waals surface area contributed by atoms with Crippen LogP contribution < -0.4 is 4.74 Å². The second kappa shape index (κ2) is 10.3. The molecular weight excluding hydrogens is 410 g/mol. The van der Waals surface area contributed by atoms with E-state index in [9.17, 15) is 4.79 Å². The van der Waals surface area contributed by atoms with Gasteiger partial charge in [-0.05, 0) is 26.0 Å². The monoisotopic (exact) mass is 435 g/mol. The molecule has 0 amide bonds. The third-order valence-corrected chi connectivity index (χ3v) is 5.19. The van der Waals surface area contributed by atoms with Crippen molar-refractivity contribution in [3.8, 4) is 17.3 Å². The van der Waals surface area contributed by atoms with Crippen molar-refractivity contribution in [1.29, 1.82) is 0 Å². The minimum atomic E-state index is -0.506. The summed E-state index contributed by atoms with van der Waals surface area (Å²) in [5, 5.41) is 13.9. The van der Waals surface area contributed by atoms with Crippen LogP contribution in [0.1, 0.15) is 30.2 Å². The van der Waals surface area contributed by atoms with Crippen LogP contribution in [0.15, 0.2) is 27.9 Å². The Morgan fingerprint density at radius 2 is 2.07 bits per heavy atom. The van der Waals surface area contributed by atoms with Crippen LogP contribution in [0, 0.1) is 0 Å². The number of thioether (sulfide) groups is 1. The molecule has 0 unspecified atom stereocenters. The van der Waals surface area contributed by atoms with Crippen molar-refractivity contribution in [3.63, 3.8) is 0 Å². The Kier molecular flexibility index (Phi) is 7.52. The third-order valence-electron chi connectivity index (χ3n) is 4.20. The zero-order chi connectivity index (χ0) is 21.5. The lowest BCUT2D eigenvalue weighted by Gasteiger charge is -2.09. The molecule has 10 nitrogen and oxygen atoms in total. The maximum atomic E-state index is 11.6. The second-order valence-corrected chi connectivity index (χ2v) is 7.08. The van der Waals surface area contributed by atoms with Crippen LogP contribution in [0.5, 0.6) is 5.88 Å². The average Bonchev–Trinajstić information content (AvgIpc) is 3.48. The quantitative estimate of drug-likeness (QED) is 0.332. The van der Waals surface area contributed by atoms with Crippen LogP contribution in [0.25, 0.3) is 11.4 Å². The Morgan fingerprint density at radius 1 is 1.23 bits per heavy atom. The van der Waals surface area contributed by atoms with Gasteiger partial charge in [0.2, 0.25) is 11.6 Å². The van der Waals surface area contributed by atoms with E-state index in [0.717, 1.165) is 12.1 Å². The number of carbonyl (C=O) groups is 1. The molecule has 11 heteroatoms. The summed E-state index contributed by atoms with van der Waals surface area (Å²) < 4.78 is 24.9. The number of methoxy groups -OCH3 is 2. The highest BCUT2D eigenvalue weighted by Gasteiger charge is 2.21. The highest BCUT2D eigenvalue weighted by Crippen LogP contribution is 2.31. The molecule has 3 heterocycles. The van der Waals surface area contributed by atoms with Gasteiger partial charge < -0.3 is 18.6 Å². The molecule has 0 aliphatic heterocycles. The van der Waals surface area contributed by atoms with E-state index in [1.54, 1.807) is 23.9 Å². The maximum absolute atomic E-state index is 11.6. The number of carbonyl (C=O) groups excluding carboxylic acids is 1. The van der Waals surface area contributed by atoms with Crippen molar-refractivity contribution in [1.82, 2.24) is 24.5 Å². The van der Waals surface area contributed by atoms with Crippen molar-refractivity contribution in [2.24, 2.45) is 0 Å². The van der Waals surface area contributed by atoms with Gasteiger partial charge in [-0.2, -0.15) is 0 Å². The van der Waals surface area contributed by atoms with Crippen LogP contribution in [0.2, 0.25) is 0 Å². The van der Waals surface area contributed by atoms with E-state index in [1.807, 2.05) is 24.6 Å². The third kappa shape index (κ3) is 4.85. The molecule has 30 heavy (non-hydrogen) atoms. The molecule has 3 aromatic heterocycles. The van der Waals surface area contributed by atoms with Crippen molar-refractivity contribution >= 4 is 17.7 Å². The standard InChI is InChI=1S/C19H25N5O5S/c1-5-23-11-14(17(22-23)28-6-2)16-20-21-19(24(16)9-10-26-3)30-12-13-7-8-15(29-13)18(25)27-4/h7-8,11H,5-6,9-10,12H2,1-4H3. The van der Waals surface area contributed by atoms with Gasteiger partial charge in [0.1, 0.15) is 11.3 Å². The lowest BCUT2D eigenvalue weighted by atomic mass is 10.3. The van der Waals surface area contributed by atoms with Crippen molar-refractivity contribution in [2.45, 2.75) is 37.8 Å². The van der Waals surface area contributed by atoms with E-state index in [4.69, 9.17) is 13.9 Å². The Labute approximate surface area is 178 Å². The first kappa shape index (κ1) is 21.9. The number of rotatable bonds is 11. The first-order valence-corrected chi connectivity index (χ1v) is 10.5. The molecule has 0 aliphatic carbocycles. The summed E-state index contributed by atoms with van der Waals surface area (Å²) >= 11 is 1.45. The zero-order valence-electron chi connectivity index (χ0n) is 17.5. The highest BCUT2D eigenvalue weighted by molar-refractivity contribution is 7.98. The number of aryl methyl sites for hydroxylation is 1. The molecule has 0 fully saturated rings. The molecule has 0 atom stereocenters. The van der Waals surface area contributed by atoms with Crippen LogP contribution in [-0.2, 0) is 28.3 Å². The predicted molar refractivity (Wildman–Crippen MR) is 110 cm³/mol. The first-order valence-electron chi connectivity index (χ1n) is 9.53. The average molecular weight is 436 g/mol. The minimum absolute atomic E-state index is 0.169. The topological polar surface area (TPSA) is 106 Å². The van der Waals surface area contributed by atoms with Gasteiger partial charge in [0.25, 0.3) is 0 Å². The van der Waals surface area contributed by atoms with Gasteiger partial charge >= 0.3 is 5.97 Å². The molecule has 0 N–H and O–H groups in total. The Balaban J connectivity index is 1.86. The molecule has 0 aliphatic rings. The number of hydrogen-bond donors (Lipinski definition) is 0. The molecule has 3 aromatic rings. The molecular formula is C19H25N5O5S. The van der Waals surface area contributed by atoms with E-state index < -0.39 is 5.97 Å². The fourth-order valence-corrected chi connectivity index (χ4v) is 3.60. The Bertz CT molecular complexity index is 980. The molecule has 0 spiro atoms. The Hall–Kier alpha value is -2.79. The molecule has 0 saturated heterocycles.